The van der Waals surface area contributed by atoms with E-state index in [1.54, 1.807) is 6.07 Å². The summed E-state index contributed by atoms with van der Waals surface area (Å²) in [5.74, 6) is -0.718. The maximum atomic E-state index is 13.4. The molecule has 1 rings (SSSR count). The Hall–Kier alpha value is 0.0600. The van der Waals surface area contributed by atoms with E-state index in [0.29, 0.717) is 20.7 Å². The molecular weight excluding hydrogens is 433 g/mol. The molecule has 0 heterocycles. The maximum Gasteiger partial charge on any atom is 0.251 e. The van der Waals surface area contributed by atoms with Crippen molar-refractivity contribution >= 4 is 53.7 Å². The zero-order valence-corrected chi connectivity index (χ0v) is 14.5. The largest absolute Gasteiger partial charge is 0.345 e. The highest BCUT2D eigenvalue weighted by atomic mass is 79.9. The number of hydrogen-bond donors (Lipinski definition) is 1. The average Bonchev–Trinajstić information content (AvgIpc) is 2.39. The monoisotopic (exact) mass is 443 g/mol. The van der Waals surface area contributed by atoms with Gasteiger partial charge in [-0.15, -0.1) is 0 Å². The molecule has 18 heavy (non-hydrogen) atoms. The summed E-state index contributed by atoms with van der Waals surface area (Å²) in [5.41, 5.74) is -0.0453. The normalized spacial score (nSPS) is 11.4. The molecule has 0 aromatic heterocycles. The number of carbonyl (C=O) groups excluding carboxylic acids is 1. The molecule has 0 aliphatic heterocycles. The van der Waals surface area contributed by atoms with E-state index in [4.69, 9.17) is 0 Å². The number of halogens is 4. The molecule has 0 unspecified atom stereocenters. The Balaban J connectivity index is 2.90. The number of nitrogens with one attached hydrogen (secondary N) is 1. The lowest BCUT2D eigenvalue weighted by Gasteiger charge is -2.30. The first kappa shape index (κ1) is 16.1. The van der Waals surface area contributed by atoms with E-state index in [1.165, 1.54) is 12.1 Å². The van der Waals surface area contributed by atoms with Crippen LogP contribution >= 0.6 is 47.8 Å². The van der Waals surface area contributed by atoms with Crippen LogP contribution in [0.25, 0.3) is 0 Å². The molecule has 6 heteroatoms. The number of alkyl halides is 2. The molecule has 2 nitrogen and oxygen atoms in total. The van der Waals surface area contributed by atoms with Crippen molar-refractivity contribution in [1.82, 2.24) is 5.32 Å². The lowest BCUT2D eigenvalue weighted by molar-refractivity contribution is 0.0915. The summed E-state index contributed by atoms with van der Waals surface area (Å²) in [7, 11) is 0. The molecule has 0 fully saturated rings. The van der Waals surface area contributed by atoms with Crippen LogP contribution in [-0.2, 0) is 0 Å². The van der Waals surface area contributed by atoms with Gasteiger partial charge in [-0.25, -0.2) is 4.39 Å². The molecule has 0 saturated carbocycles. The quantitative estimate of drug-likeness (QED) is 0.674. The molecule has 100 valence electrons. The van der Waals surface area contributed by atoms with E-state index in [0.717, 1.165) is 6.42 Å². The van der Waals surface area contributed by atoms with E-state index >= 15 is 0 Å². The predicted octanol–water partition coefficient (Wildman–Crippen LogP) is 4.26. The smallest absolute Gasteiger partial charge is 0.251 e. The fourth-order valence-electron chi connectivity index (χ4n) is 1.33. The molecule has 1 aromatic rings. The summed E-state index contributed by atoms with van der Waals surface area (Å²) in [4.78, 5) is 12.1. The zero-order chi connectivity index (χ0) is 13.8. The number of amides is 1. The molecule has 0 aliphatic rings. The molecular formula is C12H13Br3FNO. The van der Waals surface area contributed by atoms with Crippen molar-refractivity contribution in [2.75, 3.05) is 10.7 Å². The topological polar surface area (TPSA) is 29.1 Å². The summed E-state index contributed by atoms with van der Waals surface area (Å²) in [6.07, 6.45) is 0.772. The first-order valence-corrected chi connectivity index (χ1v) is 8.41. The minimum atomic E-state index is -0.442. The molecule has 1 amide bonds. The molecule has 0 bridgehead atoms. The lowest BCUT2D eigenvalue weighted by Crippen LogP contribution is -2.51. The second kappa shape index (κ2) is 7.01. The van der Waals surface area contributed by atoms with E-state index in [1.807, 2.05) is 6.92 Å². The van der Waals surface area contributed by atoms with Gasteiger partial charge in [-0.1, -0.05) is 38.8 Å². The zero-order valence-electron chi connectivity index (χ0n) is 9.77. The minimum Gasteiger partial charge on any atom is -0.345 e. The van der Waals surface area contributed by atoms with Crippen molar-refractivity contribution < 1.29 is 9.18 Å². The SMILES string of the molecule is CCC(CBr)(CBr)NC(=O)c1ccc(Br)c(F)c1. The minimum absolute atomic E-state index is 0.276. The van der Waals surface area contributed by atoms with Crippen LogP contribution in [0.5, 0.6) is 0 Å². The van der Waals surface area contributed by atoms with Crippen molar-refractivity contribution in [3.63, 3.8) is 0 Å². The first-order valence-electron chi connectivity index (χ1n) is 5.37. The Kier molecular flexibility index (Phi) is 6.27. The maximum absolute atomic E-state index is 13.4. The number of rotatable bonds is 5. The van der Waals surface area contributed by atoms with Gasteiger partial charge in [0, 0.05) is 16.2 Å². The van der Waals surface area contributed by atoms with E-state index < -0.39 is 5.82 Å². The Bertz CT molecular complexity index is 427. The van der Waals surface area contributed by atoms with Gasteiger partial charge in [0.25, 0.3) is 5.91 Å². The summed E-state index contributed by atoms with van der Waals surface area (Å²) in [6, 6.07) is 4.34. The standard InChI is InChI=1S/C12H13Br3FNO/c1-2-12(6-13,7-14)17-11(18)8-3-4-9(15)10(16)5-8/h3-5H,2,6-7H2,1H3,(H,17,18). The fourth-order valence-corrected chi connectivity index (χ4v) is 3.58. The lowest BCUT2D eigenvalue weighted by atomic mass is 10.0. The Labute approximate surface area is 131 Å². The molecule has 1 aromatic carbocycles. The Morgan fingerprint density at radius 2 is 2.00 bits per heavy atom. The van der Waals surface area contributed by atoms with Crippen LogP contribution in [-0.4, -0.2) is 22.1 Å². The summed E-state index contributed by atoms with van der Waals surface area (Å²) in [6.45, 7) is 1.99. The van der Waals surface area contributed by atoms with Gasteiger partial charge >= 0.3 is 0 Å². The Morgan fingerprint density at radius 1 is 1.39 bits per heavy atom. The van der Waals surface area contributed by atoms with Gasteiger partial charge < -0.3 is 5.32 Å². The third-order valence-electron chi connectivity index (χ3n) is 2.75. The summed E-state index contributed by atoms with van der Waals surface area (Å²) < 4.78 is 13.7. The van der Waals surface area contributed by atoms with Crippen LogP contribution in [0, 0.1) is 5.82 Å². The van der Waals surface area contributed by atoms with Crippen LogP contribution in [0.2, 0.25) is 0 Å². The fraction of sp³-hybridized carbons (Fsp3) is 0.417. The van der Waals surface area contributed by atoms with Crippen molar-refractivity contribution in [1.29, 1.82) is 0 Å². The van der Waals surface area contributed by atoms with Crippen LogP contribution in [0.3, 0.4) is 0 Å². The van der Waals surface area contributed by atoms with Crippen molar-refractivity contribution in [3.05, 3.63) is 34.1 Å². The predicted molar refractivity (Wildman–Crippen MR) is 82.2 cm³/mol. The third-order valence-corrected chi connectivity index (χ3v) is 5.54. The van der Waals surface area contributed by atoms with E-state index in [9.17, 15) is 9.18 Å². The second-order valence-electron chi connectivity index (χ2n) is 3.98. The van der Waals surface area contributed by atoms with Crippen LogP contribution in [0.1, 0.15) is 23.7 Å². The molecule has 0 aliphatic carbocycles. The van der Waals surface area contributed by atoms with Crippen LogP contribution < -0.4 is 5.32 Å². The van der Waals surface area contributed by atoms with Gasteiger partial charge in [0.1, 0.15) is 5.82 Å². The van der Waals surface area contributed by atoms with Gasteiger partial charge in [-0.05, 0) is 40.5 Å². The van der Waals surface area contributed by atoms with E-state index in [-0.39, 0.29) is 11.4 Å². The van der Waals surface area contributed by atoms with Crippen molar-refractivity contribution in [2.45, 2.75) is 18.9 Å². The highest BCUT2D eigenvalue weighted by Crippen LogP contribution is 2.20. The number of hydrogen-bond acceptors (Lipinski definition) is 1. The summed E-state index contributed by atoms with van der Waals surface area (Å²) in [5, 5.41) is 4.19. The van der Waals surface area contributed by atoms with Crippen LogP contribution in [0.4, 0.5) is 4.39 Å². The van der Waals surface area contributed by atoms with Crippen molar-refractivity contribution in [2.24, 2.45) is 0 Å². The summed E-state index contributed by atoms with van der Waals surface area (Å²) >= 11 is 9.85. The van der Waals surface area contributed by atoms with Gasteiger partial charge in [0.05, 0.1) is 10.0 Å². The third kappa shape index (κ3) is 3.78. The molecule has 0 saturated heterocycles. The first-order chi connectivity index (χ1) is 8.48. The highest BCUT2D eigenvalue weighted by Gasteiger charge is 2.28. The van der Waals surface area contributed by atoms with Gasteiger partial charge in [0.2, 0.25) is 0 Å². The Morgan fingerprint density at radius 3 is 2.44 bits per heavy atom. The average molecular weight is 446 g/mol. The van der Waals surface area contributed by atoms with E-state index in [2.05, 4.69) is 53.1 Å². The van der Waals surface area contributed by atoms with Gasteiger partial charge in [0.15, 0.2) is 0 Å². The highest BCUT2D eigenvalue weighted by molar-refractivity contribution is 9.10. The number of benzene rings is 1. The molecule has 1 N–H and O–H groups in total. The van der Waals surface area contributed by atoms with Gasteiger partial charge in [-0.3, -0.25) is 4.79 Å². The number of carbonyl (C=O) groups is 1. The van der Waals surface area contributed by atoms with Crippen LogP contribution in [0.15, 0.2) is 22.7 Å². The molecule has 0 radical (unpaired) electrons. The van der Waals surface area contributed by atoms with Gasteiger partial charge in [-0.2, -0.15) is 0 Å². The molecule has 0 spiro atoms. The molecule has 0 atom stereocenters. The van der Waals surface area contributed by atoms with Crippen molar-refractivity contribution in [3.8, 4) is 0 Å². The second-order valence-corrected chi connectivity index (χ2v) is 5.96.